The van der Waals surface area contributed by atoms with E-state index in [0.29, 0.717) is 12.4 Å². The van der Waals surface area contributed by atoms with Crippen molar-refractivity contribution in [1.29, 1.82) is 0 Å². The first-order chi connectivity index (χ1) is 8.13. The lowest BCUT2D eigenvalue weighted by molar-refractivity contribution is -0.126. The molecule has 2 rings (SSSR count). The van der Waals surface area contributed by atoms with Crippen molar-refractivity contribution in [1.82, 2.24) is 14.9 Å². The summed E-state index contributed by atoms with van der Waals surface area (Å²) in [6.45, 7) is 0.611. The Balaban J connectivity index is 2.23. The van der Waals surface area contributed by atoms with Gasteiger partial charge < -0.3 is 15.6 Å². The fourth-order valence-electron chi connectivity index (χ4n) is 2.01. The normalized spacial score (nSPS) is 19.0. The minimum absolute atomic E-state index is 0.188. The molecule has 1 aromatic heterocycles. The number of nitrogens with two attached hydrogens (primary N) is 1. The van der Waals surface area contributed by atoms with Gasteiger partial charge in [0.1, 0.15) is 11.5 Å². The van der Waals surface area contributed by atoms with Crippen LogP contribution in [-0.2, 0) is 4.79 Å². The fourth-order valence-corrected chi connectivity index (χ4v) is 2.01. The van der Waals surface area contributed by atoms with Gasteiger partial charge in [-0.25, -0.2) is 4.98 Å². The molecule has 6 heteroatoms. The van der Waals surface area contributed by atoms with Gasteiger partial charge in [-0.05, 0) is 18.8 Å². The number of nitrogens with one attached hydrogen (secondary N) is 1. The summed E-state index contributed by atoms with van der Waals surface area (Å²) in [6.07, 6.45) is 8.11. The SMILES string of the molecule is C#CC(=O)N1CCCC1c1ncc(C(N)=O)[nH]1. The molecular weight excluding hydrogens is 220 g/mol. The number of likely N-dealkylation sites (tertiary alicyclic amines) is 1. The van der Waals surface area contributed by atoms with E-state index >= 15 is 0 Å². The van der Waals surface area contributed by atoms with Gasteiger partial charge >= 0.3 is 0 Å². The second-order valence-electron chi connectivity index (χ2n) is 3.85. The highest BCUT2D eigenvalue weighted by Crippen LogP contribution is 2.29. The number of imidazole rings is 1. The molecule has 0 bridgehead atoms. The Labute approximate surface area is 98.2 Å². The van der Waals surface area contributed by atoms with Crippen LogP contribution < -0.4 is 5.73 Å². The zero-order valence-corrected chi connectivity index (χ0v) is 9.14. The monoisotopic (exact) mass is 232 g/mol. The summed E-state index contributed by atoms with van der Waals surface area (Å²) in [4.78, 5) is 30.9. The molecule has 6 nitrogen and oxygen atoms in total. The Kier molecular flexibility index (Phi) is 2.83. The standard InChI is InChI=1S/C11H12N4O2/c1-2-9(16)15-5-3-4-8(15)11-13-6-7(14-11)10(12)17/h1,6,8H,3-5H2,(H2,12,17)(H,13,14). The smallest absolute Gasteiger partial charge is 0.298 e. The van der Waals surface area contributed by atoms with Crippen molar-refractivity contribution in [3.63, 3.8) is 0 Å². The van der Waals surface area contributed by atoms with Gasteiger partial charge in [0.15, 0.2) is 0 Å². The number of rotatable bonds is 2. The van der Waals surface area contributed by atoms with Gasteiger partial charge in [-0.1, -0.05) is 0 Å². The van der Waals surface area contributed by atoms with Crippen molar-refractivity contribution in [3.8, 4) is 12.3 Å². The molecule has 0 aliphatic carbocycles. The van der Waals surface area contributed by atoms with E-state index in [1.807, 2.05) is 0 Å². The average molecular weight is 232 g/mol. The van der Waals surface area contributed by atoms with Crippen LogP contribution in [0.4, 0.5) is 0 Å². The molecule has 1 atom stereocenters. The lowest BCUT2D eigenvalue weighted by atomic mass is 10.2. The molecule has 0 saturated carbocycles. The van der Waals surface area contributed by atoms with E-state index in [0.717, 1.165) is 12.8 Å². The molecule has 1 aliphatic heterocycles. The number of H-pyrrole nitrogens is 1. The molecule has 1 aliphatic rings. The average Bonchev–Trinajstić information content (AvgIpc) is 2.95. The Morgan fingerprint density at radius 2 is 2.41 bits per heavy atom. The first-order valence-electron chi connectivity index (χ1n) is 5.25. The van der Waals surface area contributed by atoms with Crippen LogP contribution in [0.5, 0.6) is 0 Å². The van der Waals surface area contributed by atoms with E-state index in [2.05, 4.69) is 15.9 Å². The van der Waals surface area contributed by atoms with Gasteiger partial charge in [0.25, 0.3) is 11.8 Å². The number of aromatic nitrogens is 2. The zero-order chi connectivity index (χ0) is 12.4. The predicted octanol–water partition coefficient (Wildman–Crippen LogP) is -0.195. The minimum Gasteiger partial charge on any atom is -0.364 e. The molecule has 3 N–H and O–H groups in total. The van der Waals surface area contributed by atoms with Crippen LogP contribution in [-0.4, -0.2) is 33.2 Å². The molecule has 1 aromatic rings. The molecule has 0 spiro atoms. The minimum atomic E-state index is -0.573. The largest absolute Gasteiger partial charge is 0.364 e. The van der Waals surface area contributed by atoms with Crippen LogP contribution in [0.25, 0.3) is 0 Å². The summed E-state index contributed by atoms with van der Waals surface area (Å²) in [5.74, 6) is 1.72. The van der Waals surface area contributed by atoms with Crippen LogP contribution >= 0.6 is 0 Å². The summed E-state index contributed by atoms with van der Waals surface area (Å²) in [6, 6.07) is -0.188. The Bertz CT molecular complexity index is 500. The summed E-state index contributed by atoms with van der Waals surface area (Å²) in [5, 5.41) is 0. The van der Waals surface area contributed by atoms with Crippen molar-refractivity contribution < 1.29 is 9.59 Å². The Morgan fingerprint density at radius 3 is 3.00 bits per heavy atom. The second kappa shape index (κ2) is 4.29. The summed E-state index contributed by atoms with van der Waals surface area (Å²) >= 11 is 0. The van der Waals surface area contributed by atoms with Crippen molar-refractivity contribution >= 4 is 11.8 Å². The van der Waals surface area contributed by atoms with E-state index in [4.69, 9.17) is 12.2 Å². The second-order valence-corrected chi connectivity index (χ2v) is 3.85. The molecule has 2 amide bonds. The number of amides is 2. The number of carbonyl (C=O) groups is 2. The molecule has 88 valence electrons. The Hall–Kier alpha value is -2.29. The summed E-state index contributed by atoms with van der Waals surface area (Å²) < 4.78 is 0. The molecule has 0 radical (unpaired) electrons. The third-order valence-corrected chi connectivity index (χ3v) is 2.81. The Morgan fingerprint density at radius 1 is 1.65 bits per heavy atom. The molecule has 17 heavy (non-hydrogen) atoms. The molecule has 0 aromatic carbocycles. The first-order valence-corrected chi connectivity index (χ1v) is 5.25. The van der Waals surface area contributed by atoms with Gasteiger partial charge in [-0.3, -0.25) is 9.59 Å². The van der Waals surface area contributed by atoms with Gasteiger partial charge in [0, 0.05) is 6.54 Å². The lowest BCUT2D eigenvalue weighted by Gasteiger charge is -2.20. The summed E-state index contributed by atoms with van der Waals surface area (Å²) in [5.41, 5.74) is 5.36. The quantitative estimate of drug-likeness (QED) is 0.692. The molecule has 2 heterocycles. The maximum Gasteiger partial charge on any atom is 0.298 e. The third kappa shape index (κ3) is 1.99. The predicted molar refractivity (Wildman–Crippen MR) is 59.6 cm³/mol. The van der Waals surface area contributed by atoms with Gasteiger partial charge in [0.2, 0.25) is 0 Å². The third-order valence-electron chi connectivity index (χ3n) is 2.81. The van der Waals surface area contributed by atoms with Crippen molar-refractivity contribution in [2.24, 2.45) is 5.73 Å². The number of hydrogen-bond acceptors (Lipinski definition) is 3. The van der Waals surface area contributed by atoms with E-state index in [-0.39, 0.29) is 17.6 Å². The number of nitrogens with zero attached hydrogens (tertiary/aromatic N) is 2. The van der Waals surface area contributed by atoms with Crippen LogP contribution in [0.3, 0.4) is 0 Å². The molecular formula is C11H12N4O2. The molecule has 1 fully saturated rings. The lowest BCUT2D eigenvalue weighted by Crippen LogP contribution is -2.29. The van der Waals surface area contributed by atoms with Gasteiger partial charge in [0.05, 0.1) is 12.2 Å². The van der Waals surface area contributed by atoms with E-state index in [9.17, 15) is 9.59 Å². The van der Waals surface area contributed by atoms with Crippen molar-refractivity contribution in [2.75, 3.05) is 6.54 Å². The maximum absolute atomic E-state index is 11.5. The maximum atomic E-state index is 11.5. The number of carbonyl (C=O) groups excluding carboxylic acids is 2. The molecule has 1 unspecified atom stereocenters. The highest BCUT2D eigenvalue weighted by molar-refractivity contribution is 5.93. The van der Waals surface area contributed by atoms with Gasteiger partial charge in [-0.15, -0.1) is 6.42 Å². The highest BCUT2D eigenvalue weighted by atomic mass is 16.2. The van der Waals surface area contributed by atoms with Crippen LogP contribution in [0.1, 0.15) is 35.2 Å². The van der Waals surface area contributed by atoms with Crippen LogP contribution in [0.15, 0.2) is 6.20 Å². The van der Waals surface area contributed by atoms with Crippen molar-refractivity contribution in [3.05, 3.63) is 17.7 Å². The van der Waals surface area contributed by atoms with Crippen molar-refractivity contribution in [2.45, 2.75) is 18.9 Å². The fraction of sp³-hybridized carbons (Fsp3) is 0.364. The number of hydrogen-bond donors (Lipinski definition) is 2. The zero-order valence-electron chi connectivity index (χ0n) is 9.14. The first kappa shape index (κ1) is 11.2. The highest BCUT2D eigenvalue weighted by Gasteiger charge is 2.31. The van der Waals surface area contributed by atoms with Crippen LogP contribution in [0, 0.1) is 12.3 Å². The van der Waals surface area contributed by atoms with E-state index in [1.165, 1.54) is 6.20 Å². The number of aromatic amines is 1. The number of terminal acetylenes is 1. The number of primary amides is 1. The summed E-state index contributed by atoms with van der Waals surface area (Å²) in [7, 11) is 0. The van der Waals surface area contributed by atoms with E-state index in [1.54, 1.807) is 4.90 Å². The van der Waals surface area contributed by atoms with E-state index < -0.39 is 5.91 Å². The topological polar surface area (TPSA) is 92.1 Å². The van der Waals surface area contributed by atoms with Gasteiger partial charge in [-0.2, -0.15) is 0 Å². The van der Waals surface area contributed by atoms with Crippen LogP contribution in [0.2, 0.25) is 0 Å². The molecule has 1 saturated heterocycles.